The Bertz CT molecular complexity index is 1600. The molecule has 0 aliphatic rings. The molecule has 0 bridgehead atoms. The summed E-state index contributed by atoms with van der Waals surface area (Å²) >= 11 is 0. The lowest BCUT2D eigenvalue weighted by atomic mass is 9.97. The molecule has 0 saturated heterocycles. The summed E-state index contributed by atoms with van der Waals surface area (Å²) in [6, 6.07) is 12.3. The van der Waals surface area contributed by atoms with E-state index in [0.29, 0.717) is 70.6 Å². The topological polar surface area (TPSA) is 115 Å². The highest BCUT2D eigenvalue weighted by Crippen LogP contribution is 2.28. The number of unbranched alkanes of at least 4 members (excludes halogenated alkanes) is 2. The Morgan fingerprint density at radius 3 is 1.86 bits per heavy atom. The smallest absolute Gasteiger partial charge is 0.338 e. The van der Waals surface area contributed by atoms with E-state index in [0.717, 1.165) is 29.4 Å². The molecule has 9 heteroatoms. The fourth-order valence-corrected chi connectivity index (χ4v) is 4.17. The number of nitrogens with zero attached hydrogens (tertiary/aromatic N) is 1. The number of aromatic nitrogens is 1. The Morgan fingerprint density at radius 1 is 0.744 bits per heavy atom. The summed E-state index contributed by atoms with van der Waals surface area (Å²) in [5.74, 6) is -1.02. The van der Waals surface area contributed by atoms with Crippen LogP contribution in [0.4, 0.5) is 0 Å². The number of benzene rings is 2. The first-order valence-corrected chi connectivity index (χ1v) is 14.1. The van der Waals surface area contributed by atoms with Crippen LogP contribution in [0.15, 0.2) is 83.4 Å². The molecule has 0 radical (unpaired) electrons. The van der Waals surface area contributed by atoms with Gasteiger partial charge >= 0.3 is 23.6 Å². The summed E-state index contributed by atoms with van der Waals surface area (Å²) in [7, 11) is 0. The lowest BCUT2D eigenvalue weighted by molar-refractivity contribution is -0.692. The van der Waals surface area contributed by atoms with Gasteiger partial charge in [-0.05, 0) is 101 Å². The van der Waals surface area contributed by atoms with E-state index in [-0.39, 0.29) is 12.2 Å². The normalized spacial score (nSPS) is 10.7. The molecule has 0 unspecified atom stereocenters. The second-order valence-corrected chi connectivity index (χ2v) is 10.5. The molecule has 3 aromatic rings. The van der Waals surface area contributed by atoms with Gasteiger partial charge in [0, 0.05) is 28.2 Å². The highest BCUT2D eigenvalue weighted by molar-refractivity contribution is 5.89. The molecule has 0 aliphatic heterocycles. The van der Waals surface area contributed by atoms with Gasteiger partial charge in [-0.25, -0.2) is 14.4 Å². The Kier molecular flexibility index (Phi) is 11.8. The number of esters is 3. The first kappa shape index (κ1) is 32.7. The summed E-state index contributed by atoms with van der Waals surface area (Å²) in [5.41, 5.74) is 4.31. The van der Waals surface area contributed by atoms with E-state index in [1.807, 2.05) is 6.07 Å². The van der Waals surface area contributed by atoms with Crippen molar-refractivity contribution in [3.63, 3.8) is 0 Å². The third kappa shape index (κ3) is 9.63. The average Bonchev–Trinajstić information content (AvgIpc) is 2.96. The van der Waals surface area contributed by atoms with Crippen molar-refractivity contribution >= 4 is 28.9 Å². The lowest BCUT2D eigenvalue weighted by Crippen LogP contribution is -2.17. The molecule has 3 rings (SSSR count). The molecule has 0 aliphatic carbocycles. The molecular formula is C34H38NO8+. The van der Waals surface area contributed by atoms with Crippen LogP contribution in [0.1, 0.15) is 57.6 Å². The quantitative estimate of drug-likeness (QED) is 0.0869. The lowest BCUT2D eigenvalue weighted by Gasteiger charge is -2.10. The van der Waals surface area contributed by atoms with Crippen LogP contribution in [0.3, 0.4) is 0 Å². The molecular weight excluding hydrogens is 550 g/mol. The largest absolute Gasteiger partial charge is 0.462 e. The predicted molar refractivity (Wildman–Crippen MR) is 163 cm³/mol. The highest BCUT2D eigenvalue weighted by Gasteiger charge is 2.20. The molecule has 9 nitrogen and oxygen atoms in total. The van der Waals surface area contributed by atoms with Crippen LogP contribution >= 0.6 is 0 Å². The van der Waals surface area contributed by atoms with E-state index >= 15 is 0 Å². The second kappa shape index (κ2) is 15.4. The molecule has 1 aromatic heterocycles. The summed E-state index contributed by atoms with van der Waals surface area (Å²) in [4.78, 5) is 48.1. The van der Waals surface area contributed by atoms with Crippen molar-refractivity contribution in [2.45, 2.75) is 59.3 Å². The number of carbonyl (C=O) groups is 3. The van der Waals surface area contributed by atoms with E-state index in [2.05, 4.69) is 25.8 Å². The van der Waals surface area contributed by atoms with Gasteiger partial charge in [0.1, 0.15) is 5.75 Å². The van der Waals surface area contributed by atoms with E-state index < -0.39 is 17.9 Å². The van der Waals surface area contributed by atoms with Gasteiger partial charge in [0.15, 0.2) is 0 Å². The van der Waals surface area contributed by atoms with Crippen LogP contribution in [0, 0.1) is 4.91 Å². The maximum atomic E-state index is 13.0. The van der Waals surface area contributed by atoms with Gasteiger partial charge in [-0.2, -0.15) is 4.52 Å². The number of aryl methyl sites for hydroxylation is 2. The molecule has 0 amide bonds. The SMILES string of the molecule is C=C(C)C(=O)OCCCCc1cc(CCCCOC(=O)C(=C)C)c2cc(-c3ccc(OC(=O)C(=C)C)cc3)[n+](=O)oc2c1. The third-order valence-electron chi connectivity index (χ3n) is 6.52. The number of ether oxygens (including phenoxy) is 3. The van der Waals surface area contributed by atoms with Crippen molar-refractivity contribution in [3.05, 3.63) is 95.0 Å². The molecule has 0 spiro atoms. The monoisotopic (exact) mass is 588 g/mol. The predicted octanol–water partition coefficient (Wildman–Crippen LogP) is 6.38. The molecule has 0 atom stereocenters. The molecule has 226 valence electrons. The molecule has 0 saturated carbocycles. The van der Waals surface area contributed by atoms with Gasteiger partial charge in [-0.3, -0.25) is 0 Å². The second-order valence-electron chi connectivity index (χ2n) is 10.5. The molecule has 0 fully saturated rings. The minimum Gasteiger partial charge on any atom is -0.462 e. The van der Waals surface area contributed by atoms with Gasteiger partial charge in [0.25, 0.3) is 4.60 Å². The van der Waals surface area contributed by atoms with Crippen LogP contribution < -0.4 is 9.34 Å². The zero-order valence-electron chi connectivity index (χ0n) is 25.0. The van der Waals surface area contributed by atoms with E-state index in [4.69, 9.17) is 18.7 Å². The van der Waals surface area contributed by atoms with Crippen molar-refractivity contribution in [3.8, 4) is 17.0 Å². The number of fused-ring (bicyclic) bond motifs is 1. The van der Waals surface area contributed by atoms with Crippen molar-refractivity contribution < 1.29 is 37.7 Å². The minimum atomic E-state index is -0.532. The Hall–Kier alpha value is -4.79. The van der Waals surface area contributed by atoms with Crippen molar-refractivity contribution in [1.82, 2.24) is 0 Å². The van der Waals surface area contributed by atoms with E-state index in [1.54, 1.807) is 51.1 Å². The number of carbonyl (C=O) groups excluding carboxylic acids is 3. The number of hydrogen-bond acceptors (Lipinski definition) is 8. The summed E-state index contributed by atoms with van der Waals surface area (Å²) in [6.07, 6.45) is 4.20. The van der Waals surface area contributed by atoms with E-state index in [9.17, 15) is 19.3 Å². The summed E-state index contributed by atoms with van der Waals surface area (Å²) in [6.45, 7) is 16.1. The van der Waals surface area contributed by atoms with Crippen LogP contribution in [0.5, 0.6) is 5.75 Å². The molecule has 1 heterocycles. The van der Waals surface area contributed by atoms with Crippen LogP contribution in [0.2, 0.25) is 0 Å². The van der Waals surface area contributed by atoms with Gasteiger partial charge in [-0.1, -0.05) is 25.8 Å². The van der Waals surface area contributed by atoms with E-state index in [1.165, 1.54) is 0 Å². The highest BCUT2D eigenvalue weighted by atomic mass is 16.6. The maximum Gasteiger partial charge on any atom is 0.338 e. The summed E-state index contributed by atoms with van der Waals surface area (Å²) < 4.78 is 21.9. The van der Waals surface area contributed by atoms with Gasteiger partial charge in [0.2, 0.25) is 5.58 Å². The number of hydrogen-bond donors (Lipinski definition) is 0. The zero-order chi connectivity index (χ0) is 31.5. The fraction of sp³-hybridized carbons (Fsp3) is 0.324. The summed E-state index contributed by atoms with van der Waals surface area (Å²) in [5, 5.41) is 0.790. The van der Waals surface area contributed by atoms with Crippen molar-refractivity contribution in [2.75, 3.05) is 13.2 Å². The van der Waals surface area contributed by atoms with Crippen LogP contribution in [0.25, 0.3) is 22.2 Å². The van der Waals surface area contributed by atoms with Crippen molar-refractivity contribution in [1.29, 1.82) is 0 Å². The number of rotatable bonds is 15. The zero-order valence-corrected chi connectivity index (χ0v) is 25.0. The Morgan fingerprint density at radius 2 is 1.30 bits per heavy atom. The van der Waals surface area contributed by atoms with Gasteiger partial charge in [0.05, 0.1) is 23.7 Å². The van der Waals surface area contributed by atoms with Gasteiger partial charge in [-0.15, -0.1) is 0 Å². The standard InChI is InChI=1S/C34H38NO8/c1-22(2)32(36)40-17-9-7-11-25-19-27(12-8-10-18-41-33(37)23(3)4)29-21-30(35(39)43-31(29)20-25)26-13-15-28(16-14-26)42-34(38)24(5)6/h13-16,19-21H,1,3,5,7-12,17-18H2,2,4,6H3/q+1. The van der Waals surface area contributed by atoms with Crippen LogP contribution in [-0.4, -0.2) is 31.1 Å². The van der Waals surface area contributed by atoms with Gasteiger partial charge < -0.3 is 14.2 Å². The van der Waals surface area contributed by atoms with Crippen molar-refractivity contribution in [2.24, 2.45) is 0 Å². The first-order chi connectivity index (χ1) is 20.5. The Labute approximate surface area is 251 Å². The molecule has 0 N–H and O–H groups in total. The first-order valence-electron chi connectivity index (χ1n) is 14.1. The minimum absolute atomic E-state index is 0.280. The Balaban J connectivity index is 1.83. The molecule has 2 aromatic carbocycles. The average molecular weight is 589 g/mol. The maximum absolute atomic E-state index is 13.0. The molecule has 43 heavy (non-hydrogen) atoms. The fourth-order valence-electron chi connectivity index (χ4n) is 4.17. The third-order valence-corrected chi connectivity index (χ3v) is 6.52. The van der Waals surface area contributed by atoms with Crippen LogP contribution in [-0.2, 0) is 36.7 Å².